The Morgan fingerprint density at radius 3 is 1.50 bits per heavy atom. The number of ketones is 1. The van der Waals surface area contributed by atoms with E-state index < -0.39 is 0 Å². The zero-order valence-electron chi connectivity index (χ0n) is 17.7. The van der Waals surface area contributed by atoms with Gasteiger partial charge in [0.1, 0.15) is 11.5 Å². The summed E-state index contributed by atoms with van der Waals surface area (Å²) in [5, 5.41) is 0. The maximum atomic E-state index is 12.9. The van der Waals surface area contributed by atoms with Crippen molar-refractivity contribution in [2.75, 3.05) is 24.7 Å². The van der Waals surface area contributed by atoms with Crippen LogP contribution >= 0.6 is 25.3 Å². The summed E-state index contributed by atoms with van der Waals surface area (Å²) in [5.74, 6) is 3.34. The third-order valence-corrected chi connectivity index (χ3v) is 5.47. The molecule has 0 atom stereocenters. The van der Waals surface area contributed by atoms with Gasteiger partial charge < -0.3 is 9.47 Å². The van der Waals surface area contributed by atoms with Gasteiger partial charge in [-0.1, -0.05) is 49.9 Å². The standard InChI is InChI=1S/C25H34O3S2/c26-25(21-11-9-13-23(19-21)27-15-5-1-3-7-17-29)22-12-10-14-24(20-22)28-16-6-2-4-8-18-30/h9-14,19-20,29-30H,1-8,15-18H2. The molecule has 0 unspecified atom stereocenters. The van der Waals surface area contributed by atoms with Gasteiger partial charge in [-0.25, -0.2) is 0 Å². The molecule has 0 bridgehead atoms. The Kier molecular flexibility index (Phi) is 12.5. The molecule has 0 saturated carbocycles. The number of benzene rings is 2. The molecule has 3 nitrogen and oxygen atoms in total. The molecule has 0 radical (unpaired) electrons. The average Bonchev–Trinajstić information content (AvgIpc) is 2.78. The lowest BCUT2D eigenvalue weighted by molar-refractivity contribution is 0.103. The monoisotopic (exact) mass is 446 g/mol. The van der Waals surface area contributed by atoms with Crippen molar-refractivity contribution < 1.29 is 14.3 Å². The Morgan fingerprint density at radius 2 is 1.07 bits per heavy atom. The molecular weight excluding hydrogens is 412 g/mol. The second-order valence-corrected chi connectivity index (χ2v) is 8.25. The summed E-state index contributed by atoms with van der Waals surface area (Å²) < 4.78 is 11.7. The Balaban J connectivity index is 1.85. The molecule has 0 aromatic heterocycles. The topological polar surface area (TPSA) is 35.5 Å². The number of hydrogen-bond acceptors (Lipinski definition) is 5. The fourth-order valence-electron chi connectivity index (χ4n) is 3.14. The summed E-state index contributed by atoms with van der Waals surface area (Å²) >= 11 is 8.46. The molecule has 0 aliphatic heterocycles. The number of carbonyl (C=O) groups excluding carboxylic acids is 1. The molecule has 2 aromatic carbocycles. The largest absolute Gasteiger partial charge is 0.494 e. The van der Waals surface area contributed by atoms with Gasteiger partial charge in [0.2, 0.25) is 0 Å². The number of ether oxygens (including phenoxy) is 2. The number of hydrogen-bond donors (Lipinski definition) is 2. The first-order valence-corrected chi connectivity index (χ1v) is 12.2. The second kappa shape index (κ2) is 15.2. The molecule has 2 aromatic rings. The summed E-state index contributed by atoms with van der Waals surface area (Å²) in [6, 6.07) is 14.8. The molecule has 0 aliphatic carbocycles. The van der Waals surface area contributed by atoms with Crippen molar-refractivity contribution in [1.29, 1.82) is 0 Å². The third kappa shape index (κ3) is 9.48. The Labute approximate surface area is 192 Å². The van der Waals surface area contributed by atoms with E-state index in [4.69, 9.17) is 9.47 Å². The van der Waals surface area contributed by atoms with Crippen LogP contribution in [0, 0.1) is 0 Å². The highest BCUT2D eigenvalue weighted by Crippen LogP contribution is 2.20. The van der Waals surface area contributed by atoms with E-state index in [9.17, 15) is 4.79 Å². The Morgan fingerprint density at radius 1 is 0.633 bits per heavy atom. The van der Waals surface area contributed by atoms with Gasteiger partial charge in [-0.2, -0.15) is 25.3 Å². The normalized spacial score (nSPS) is 10.7. The van der Waals surface area contributed by atoms with Crippen LogP contribution in [0.1, 0.15) is 67.3 Å². The van der Waals surface area contributed by atoms with E-state index in [1.54, 1.807) is 0 Å². The molecule has 2 rings (SSSR count). The van der Waals surface area contributed by atoms with Crippen molar-refractivity contribution >= 4 is 31.0 Å². The number of unbranched alkanes of at least 4 members (excludes halogenated alkanes) is 6. The lowest BCUT2D eigenvalue weighted by atomic mass is 10.0. The summed E-state index contributed by atoms with van der Waals surface area (Å²) in [5.41, 5.74) is 1.26. The molecule has 0 aliphatic rings. The molecule has 0 fully saturated rings. The van der Waals surface area contributed by atoms with E-state index >= 15 is 0 Å². The van der Waals surface area contributed by atoms with Gasteiger partial charge >= 0.3 is 0 Å². The van der Waals surface area contributed by atoms with E-state index in [0.717, 1.165) is 61.5 Å². The van der Waals surface area contributed by atoms with Crippen molar-refractivity contribution in [2.45, 2.75) is 51.4 Å². The molecular formula is C25H34O3S2. The lowest BCUT2D eigenvalue weighted by Crippen LogP contribution is -2.04. The number of rotatable bonds is 16. The predicted octanol–water partition coefficient (Wildman–Crippen LogP) is 6.66. The molecule has 0 N–H and O–H groups in total. The van der Waals surface area contributed by atoms with Crippen LogP contribution < -0.4 is 9.47 Å². The summed E-state index contributed by atoms with van der Waals surface area (Å²) in [6.07, 6.45) is 8.96. The smallest absolute Gasteiger partial charge is 0.193 e. The highest BCUT2D eigenvalue weighted by Gasteiger charge is 2.11. The summed E-state index contributed by atoms with van der Waals surface area (Å²) in [4.78, 5) is 12.9. The van der Waals surface area contributed by atoms with Gasteiger partial charge in [0.05, 0.1) is 13.2 Å². The molecule has 30 heavy (non-hydrogen) atoms. The van der Waals surface area contributed by atoms with Crippen LogP contribution in [0.3, 0.4) is 0 Å². The first kappa shape index (κ1) is 24.7. The van der Waals surface area contributed by atoms with Gasteiger partial charge in [0.25, 0.3) is 0 Å². The van der Waals surface area contributed by atoms with Gasteiger partial charge in [-0.15, -0.1) is 0 Å². The van der Waals surface area contributed by atoms with Crippen LogP contribution in [-0.2, 0) is 0 Å². The van der Waals surface area contributed by atoms with E-state index in [1.165, 1.54) is 12.8 Å². The molecule has 5 heteroatoms. The van der Waals surface area contributed by atoms with Crippen LogP contribution in [0.2, 0.25) is 0 Å². The van der Waals surface area contributed by atoms with Gasteiger partial charge in [-0.3, -0.25) is 4.79 Å². The highest BCUT2D eigenvalue weighted by molar-refractivity contribution is 7.80. The molecule has 164 valence electrons. The maximum absolute atomic E-state index is 12.9. The van der Waals surface area contributed by atoms with Crippen LogP contribution in [0.15, 0.2) is 48.5 Å². The highest BCUT2D eigenvalue weighted by atomic mass is 32.1. The SMILES string of the molecule is O=C(c1cccc(OCCCCCCS)c1)c1cccc(OCCCCCCS)c1. The molecule has 0 spiro atoms. The van der Waals surface area contributed by atoms with Crippen molar-refractivity contribution in [1.82, 2.24) is 0 Å². The van der Waals surface area contributed by atoms with Crippen molar-refractivity contribution in [3.8, 4) is 11.5 Å². The molecule has 0 saturated heterocycles. The van der Waals surface area contributed by atoms with E-state index in [0.29, 0.717) is 24.3 Å². The van der Waals surface area contributed by atoms with Crippen LogP contribution in [-0.4, -0.2) is 30.5 Å². The van der Waals surface area contributed by atoms with Gasteiger partial charge in [0, 0.05) is 11.1 Å². The minimum atomic E-state index is -0.0199. The second-order valence-electron chi connectivity index (χ2n) is 7.36. The summed E-state index contributed by atoms with van der Waals surface area (Å²) in [7, 11) is 0. The van der Waals surface area contributed by atoms with Crippen LogP contribution in [0.5, 0.6) is 11.5 Å². The third-order valence-electron chi connectivity index (χ3n) is 4.83. The quantitative estimate of drug-likeness (QED) is 0.172. The van der Waals surface area contributed by atoms with Crippen LogP contribution in [0.4, 0.5) is 0 Å². The van der Waals surface area contributed by atoms with Crippen molar-refractivity contribution in [3.05, 3.63) is 59.7 Å². The lowest BCUT2D eigenvalue weighted by Gasteiger charge is -2.09. The first-order valence-electron chi connectivity index (χ1n) is 11.0. The Hall–Kier alpha value is -1.59. The number of carbonyl (C=O) groups is 1. The van der Waals surface area contributed by atoms with Crippen molar-refractivity contribution in [3.63, 3.8) is 0 Å². The van der Waals surface area contributed by atoms with Crippen LogP contribution in [0.25, 0.3) is 0 Å². The van der Waals surface area contributed by atoms with Gasteiger partial charge in [-0.05, 0) is 61.5 Å². The van der Waals surface area contributed by atoms with E-state index in [-0.39, 0.29) is 5.78 Å². The summed E-state index contributed by atoms with van der Waals surface area (Å²) in [6.45, 7) is 1.34. The maximum Gasteiger partial charge on any atom is 0.193 e. The minimum Gasteiger partial charge on any atom is -0.494 e. The fourth-order valence-corrected chi connectivity index (χ4v) is 3.58. The van der Waals surface area contributed by atoms with Crippen molar-refractivity contribution in [2.24, 2.45) is 0 Å². The van der Waals surface area contributed by atoms with E-state index in [2.05, 4.69) is 25.3 Å². The minimum absolute atomic E-state index is 0.0199. The predicted molar refractivity (Wildman–Crippen MR) is 132 cm³/mol. The zero-order valence-corrected chi connectivity index (χ0v) is 19.5. The first-order chi connectivity index (χ1) is 14.7. The fraction of sp³-hybridized carbons (Fsp3) is 0.480. The Bertz CT molecular complexity index is 687. The molecule has 0 heterocycles. The van der Waals surface area contributed by atoms with E-state index in [1.807, 2.05) is 48.5 Å². The van der Waals surface area contributed by atoms with Gasteiger partial charge in [0.15, 0.2) is 5.78 Å². The number of thiol groups is 2. The zero-order chi connectivity index (χ0) is 21.4. The molecule has 0 amide bonds. The average molecular weight is 447 g/mol.